The highest BCUT2D eigenvalue weighted by molar-refractivity contribution is 7.91. The number of allylic oxidation sites excluding steroid dienone is 1. The standard InChI is InChI=1S/C48H59F3N6O10S2/c1-28(2)66-33-13-11-31(12-14-33)36-20-34(21-37(53-36)39-24-52-27-68-39)67-35-22-38-41(58)54-47(43(60)55-69(63,64)45(5)16-17-45)23-32(47)10-7-6-9-29(3)19-30(4)40(42(59)56(38)25-35)57(44(61)62)46(48(49,50)51)15-8-18-65-26-46/h7,10-14,20-21,24,27-30,32,35,38,40H,6,8-9,15-19,22-23,25-26H2,1-5H3,(H,54,58)(H,55,60)(H,61,62)/t29-,30+,32+,35+,38-,40-,46?,47+/m0/s1. The Bertz CT molecular complexity index is 2550. The van der Waals surface area contributed by atoms with Crippen LogP contribution in [0.1, 0.15) is 92.4 Å². The van der Waals surface area contributed by atoms with Crippen molar-refractivity contribution in [3.63, 3.8) is 0 Å². The molecule has 2 saturated carbocycles. The van der Waals surface area contributed by atoms with Crippen LogP contribution in [0.15, 0.2) is 60.3 Å². The van der Waals surface area contributed by atoms with E-state index < -0.39 is 98.9 Å². The summed E-state index contributed by atoms with van der Waals surface area (Å²) in [6.45, 7) is 7.32. The number of hydrogen-bond acceptors (Lipinski definition) is 12. The second-order valence-corrected chi connectivity index (χ2v) is 23.0. The minimum Gasteiger partial charge on any atom is -0.491 e. The van der Waals surface area contributed by atoms with Gasteiger partial charge in [-0.2, -0.15) is 13.2 Å². The van der Waals surface area contributed by atoms with Gasteiger partial charge >= 0.3 is 12.3 Å². The first kappa shape index (κ1) is 50.1. The maximum Gasteiger partial charge on any atom is 0.414 e. The van der Waals surface area contributed by atoms with E-state index in [0.29, 0.717) is 53.3 Å². The molecule has 3 aromatic rings. The molecule has 3 aliphatic heterocycles. The fourth-order valence-corrected chi connectivity index (χ4v) is 11.9. The summed E-state index contributed by atoms with van der Waals surface area (Å²) < 4.78 is 92.3. The van der Waals surface area contributed by atoms with E-state index in [1.807, 2.05) is 39.0 Å². The van der Waals surface area contributed by atoms with E-state index in [1.54, 1.807) is 49.0 Å². The maximum atomic E-state index is 15.5. The predicted octanol–water partition coefficient (Wildman–Crippen LogP) is 7.35. The Labute approximate surface area is 403 Å². The molecule has 21 heteroatoms. The zero-order valence-electron chi connectivity index (χ0n) is 39.2. The summed E-state index contributed by atoms with van der Waals surface area (Å²) in [7, 11) is -4.15. The van der Waals surface area contributed by atoms with Gasteiger partial charge in [-0.15, -0.1) is 11.3 Å². The Morgan fingerprint density at radius 1 is 1.07 bits per heavy atom. The molecule has 16 nitrogen and oxygen atoms in total. The van der Waals surface area contributed by atoms with Crippen LogP contribution in [0.4, 0.5) is 18.0 Å². The van der Waals surface area contributed by atoms with Crippen molar-refractivity contribution in [3.05, 3.63) is 60.3 Å². The molecule has 1 aromatic carbocycles. The van der Waals surface area contributed by atoms with Crippen LogP contribution < -0.4 is 19.5 Å². The number of rotatable bonds is 11. The van der Waals surface area contributed by atoms with Crippen molar-refractivity contribution in [2.24, 2.45) is 17.8 Å². The SMILES string of the molecule is CC(C)Oc1ccc(-c2cc(O[C@@H]3C[C@H]4C(=O)N[C@]5(C(=O)NS(=O)(=O)C6(C)CC6)C[C@H]5C=CCC[C@H](C)C[C@@H](C)[C@H](N(C(=O)O)C5(C(F)(F)F)CCCOC5)C(=O)N4C3)cc(-c3cncs3)n2)cc1. The van der Waals surface area contributed by atoms with Crippen molar-refractivity contribution < 1.29 is 60.1 Å². The van der Waals surface area contributed by atoms with Crippen LogP contribution in [0, 0.1) is 17.8 Å². The molecule has 5 aliphatic rings. The van der Waals surface area contributed by atoms with Gasteiger partial charge in [0.05, 0.1) is 45.8 Å². The topological polar surface area (TPSA) is 207 Å². The number of hydrogen-bond donors (Lipinski definition) is 3. The quantitative estimate of drug-likeness (QED) is 0.161. The Morgan fingerprint density at radius 2 is 1.80 bits per heavy atom. The van der Waals surface area contributed by atoms with Crippen molar-refractivity contribution in [1.29, 1.82) is 0 Å². The van der Waals surface area contributed by atoms with Gasteiger partial charge in [0.15, 0.2) is 5.54 Å². The molecule has 5 heterocycles. The van der Waals surface area contributed by atoms with Gasteiger partial charge in [0.2, 0.25) is 21.8 Å². The first-order valence-corrected chi connectivity index (χ1v) is 25.8. The molecule has 4 amide bonds. The van der Waals surface area contributed by atoms with Crippen LogP contribution in [-0.4, -0.2) is 123 Å². The van der Waals surface area contributed by atoms with E-state index in [1.165, 1.54) is 18.3 Å². The van der Waals surface area contributed by atoms with Gasteiger partial charge in [0.1, 0.15) is 35.2 Å². The lowest BCUT2D eigenvalue weighted by Crippen LogP contribution is -2.71. The van der Waals surface area contributed by atoms with Crippen LogP contribution in [0.3, 0.4) is 0 Å². The van der Waals surface area contributed by atoms with Gasteiger partial charge in [-0.05, 0) is 108 Å². The number of aromatic nitrogens is 2. The number of sulfonamides is 1. The number of pyridine rings is 1. The van der Waals surface area contributed by atoms with Crippen LogP contribution in [0.25, 0.3) is 21.8 Å². The number of thiazole rings is 1. The normalized spacial score (nSPS) is 29.4. The lowest BCUT2D eigenvalue weighted by atomic mass is 9.82. The second kappa shape index (κ2) is 19.1. The number of nitrogens with one attached hydrogen (secondary N) is 2. The van der Waals surface area contributed by atoms with Gasteiger partial charge in [0, 0.05) is 42.8 Å². The molecule has 3 N–H and O–H groups in total. The number of carboxylic acid groups (broad SMARTS) is 1. The molecule has 2 aromatic heterocycles. The third-order valence-corrected chi connectivity index (χ3v) is 17.2. The summed E-state index contributed by atoms with van der Waals surface area (Å²) in [6.07, 6.45) is -2.22. The molecule has 1 unspecified atom stereocenters. The zero-order valence-corrected chi connectivity index (χ0v) is 40.8. The van der Waals surface area contributed by atoms with Gasteiger partial charge in [-0.1, -0.05) is 26.0 Å². The van der Waals surface area contributed by atoms with Crippen molar-refractivity contribution >= 4 is 45.2 Å². The number of ether oxygens (including phenoxy) is 3. The van der Waals surface area contributed by atoms with Crippen molar-refractivity contribution in [3.8, 4) is 33.3 Å². The molecule has 69 heavy (non-hydrogen) atoms. The fraction of sp³-hybridized carbons (Fsp3) is 0.583. The molecule has 2 saturated heterocycles. The largest absolute Gasteiger partial charge is 0.491 e. The van der Waals surface area contributed by atoms with Crippen LogP contribution >= 0.6 is 11.3 Å². The van der Waals surface area contributed by atoms with Gasteiger partial charge < -0.3 is 29.5 Å². The highest BCUT2D eigenvalue weighted by Crippen LogP contribution is 2.49. The predicted molar refractivity (Wildman–Crippen MR) is 249 cm³/mol. The van der Waals surface area contributed by atoms with E-state index in [2.05, 4.69) is 15.0 Å². The Morgan fingerprint density at radius 3 is 2.42 bits per heavy atom. The summed E-state index contributed by atoms with van der Waals surface area (Å²) >= 11 is 1.33. The molecule has 8 rings (SSSR count). The van der Waals surface area contributed by atoms with E-state index in [4.69, 9.17) is 19.2 Å². The molecule has 0 radical (unpaired) electrons. The summed E-state index contributed by atoms with van der Waals surface area (Å²) in [5.41, 5.74) is -1.50. The molecule has 0 spiro atoms. The lowest BCUT2D eigenvalue weighted by molar-refractivity contribution is -0.260. The minimum atomic E-state index is -5.16. The average Bonchev–Trinajstić information content (AvgIpc) is 4.04. The molecular weight excluding hydrogens is 942 g/mol. The van der Waals surface area contributed by atoms with Crippen LogP contribution in [0.5, 0.6) is 11.5 Å². The van der Waals surface area contributed by atoms with E-state index in [-0.39, 0.29) is 61.5 Å². The molecular formula is C48H59F3N6O10S2. The minimum absolute atomic E-state index is 0.0342. The third kappa shape index (κ3) is 10.2. The molecule has 2 aliphatic carbocycles. The van der Waals surface area contributed by atoms with Gasteiger partial charge in [-0.25, -0.2) is 18.2 Å². The molecule has 4 fully saturated rings. The molecule has 8 atom stereocenters. The number of benzene rings is 1. The number of nitrogens with zero attached hydrogens (tertiary/aromatic N) is 4. The van der Waals surface area contributed by atoms with E-state index in [0.717, 1.165) is 4.90 Å². The number of carbonyl (C=O) groups is 4. The number of carbonyl (C=O) groups excluding carboxylic acids is 3. The first-order chi connectivity index (χ1) is 32.6. The van der Waals surface area contributed by atoms with Crippen molar-refractivity contribution in [1.82, 2.24) is 29.8 Å². The summed E-state index contributed by atoms with van der Waals surface area (Å²) in [5.74, 6) is -3.81. The Balaban J connectivity index is 1.20. The summed E-state index contributed by atoms with van der Waals surface area (Å²) in [6, 6.07) is 7.16. The summed E-state index contributed by atoms with van der Waals surface area (Å²) in [5, 5.41) is 13.7. The zero-order chi connectivity index (χ0) is 49.7. The van der Waals surface area contributed by atoms with Gasteiger partial charge in [-0.3, -0.25) is 29.0 Å². The highest BCUT2D eigenvalue weighted by atomic mass is 32.2. The van der Waals surface area contributed by atoms with Crippen molar-refractivity contribution in [2.45, 2.75) is 139 Å². The molecule has 374 valence electrons. The van der Waals surface area contributed by atoms with Crippen LogP contribution in [-0.2, 0) is 29.1 Å². The highest BCUT2D eigenvalue weighted by Gasteiger charge is 2.66. The molecule has 0 bridgehead atoms. The van der Waals surface area contributed by atoms with E-state index in [9.17, 15) is 27.9 Å². The Hall–Kier alpha value is -5.28. The summed E-state index contributed by atoms with van der Waals surface area (Å²) in [4.78, 5) is 69.2. The van der Waals surface area contributed by atoms with E-state index >= 15 is 18.0 Å². The van der Waals surface area contributed by atoms with Gasteiger partial charge in [0.25, 0.3) is 5.91 Å². The maximum absolute atomic E-state index is 15.5. The second-order valence-electron chi connectivity index (χ2n) is 19.9. The van der Waals surface area contributed by atoms with Crippen molar-refractivity contribution in [2.75, 3.05) is 19.8 Å². The third-order valence-electron chi connectivity index (χ3n) is 14.2. The number of halogens is 3. The average molecular weight is 1000 g/mol. The number of alkyl halides is 3. The first-order valence-electron chi connectivity index (χ1n) is 23.4. The fourth-order valence-electron chi connectivity index (χ4n) is 10.00. The number of fused-ring (bicyclic) bond motifs is 2. The lowest BCUT2D eigenvalue weighted by Gasteiger charge is -2.50. The van der Waals surface area contributed by atoms with Crippen LogP contribution in [0.2, 0.25) is 0 Å². The Kier molecular flexibility index (Phi) is 13.9. The smallest absolute Gasteiger partial charge is 0.414 e. The number of amides is 4. The monoisotopic (exact) mass is 1000 g/mol.